The van der Waals surface area contributed by atoms with Crippen molar-refractivity contribution in [2.75, 3.05) is 13.2 Å². The van der Waals surface area contributed by atoms with E-state index < -0.39 is 5.82 Å². The van der Waals surface area contributed by atoms with Gasteiger partial charge in [0.1, 0.15) is 24.0 Å². The van der Waals surface area contributed by atoms with Crippen LogP contribution in [0.3, 0.4) is 0 Å². The predicted molar refractivity (Wildman–Crippen MR) is 87.4 cm³/mol. The Morgan fingerprint density at radius 1 is 1.10 bits per heavy atom. The van der Waals surface area contributed by atoms with E-state index in [9.17, 15) is 4.39 Å². The number of halogens is 2. The van der Waals surface area contributed by atoms with E-state index in [1.807, 2.05) is 12.1 Å². The fourth-order valence-corrected chi connectivity index (χ4v) is 2.19. The minimum Gasteiger partial charge on any atom is -0.489 e. The molecule has 0 atom stereocenters. The van der Waals surface area contributed by atoms with Gasteiger partial charge < -0.3 is 15.2 Å². The molecule has 21 heavy (non-hydrogen) atoms. The molecule has 2 aromatic rings. The average Bonchev–Trinajstić information content (AvgIpc) is 2.45. The highest BCUT2D eigenvalue weighted by Gasteiger charge is 2.06. The van der Waals surface area contributed by atoms with E-state index in [0.29, 0.717) is 15.8 Å². The lowest BCUT2D eigenvalue weighted by molar-refractivity contribution is 0.211. The number of rotatable bonds is 6. The number of nitrogens with two attached hydrogens (primary N) is 1. The minimum absolute atomic E-state index is 0.185. The Bertz CT molecular complexity index is 651. The lowest BCUT2D eigenvalue weighted by Crippen LogP contribution is -2.14. The van der Waals surface area contributed by atoms with Crippen molar-refractivity contribution in [1.29, 1.82) is 0 Å². The normalized spacial score (nSPS) is 10.2. The van der Waals surface area contributed by atoms with Crippen molar-refractivity contribution in [1.82, 2.24) is 0 Å². The monoisotopic (exact) mass is 369 g/mol. The largest absolute Gasteiger partial charge is 0.489 e. The van der Waals surface area contributed by atoms with E-state index in [-0.39, 0.29) is 24.0 Å². The van der Waals surface area contributed by atoms with E-state index in [0.717, 1.165) is 0 Å². The van der Waals surface area contributed by atoms with Gasteiger partial charge in [-0.05, 0) is 30.3 Å². The molecule has 0 bridgehead atoms. The average molecular weight is 370 g/mol. The second-order valence-corrected chi connectivity index (χ2v) is 5.49. The Labute approximate surface area is 136 Å². The van der Waals surface area contributed by atoms with E-state index in [4.69, 9.17) is 27.4 Å². The van der Waals surface area contributed by atoms with Gasteiger partial charge >= 0.3 is 0 Å². The van der Waals surface area contributed by atoms with E-state index in [2.05, 4.69) is 15.9 Å². The Kier molecular flexibility index (Phi) is 5.52. The molecule has 0 radical (unpaired) electrons. The van der Waals surface area contributed by atoms with E-state index >= 15 is 0 Å². The van der Waals surface area contributed by atoms with Gasteiger partial charge in [0.2, 0.25) is 0 Å². The molecule has 0 aliphatic heterocycles. The number of ether oxygens (including phenoxy) is 2. The molecule has 0 saturated carbocycles. The van der Waals surface area contributed by atoms with Crippen LogP contribution >= 0.6 is 28.1 Å². The van der Waals surface area contributed by atoms with Crippen LogP contribution < -0.4 is 15.2 Å². The molecule has 0 spiro atoms. The third kappa shape index (κ3) is 4.41. The fraction of sp³-hybridized carbons (Fsp3) is 0.133. The molecule has 2 N–H and O–H groups in total. The van der Waals surface area contributed by atoms with Crippen LogP contribution in [-0.4, -0.2) is 18.2 Å². The summed E-state index contributed by atoms with van der Waals surface area (Å²) in [6, 6.07) is 11.8. The molecule has 2 aromatic carbocycles. The van der Waals surface area contributed by atoms with Gasteiger partial charge in [0.05, 0.1) is 5.56 Å². The van der Waals surface area contributed by atoms with Crippen LogP contribution in [0.4, 0.5) is 4.39 Å². The highest BCUT2D eigenvalue weighted by atomic mass is 79.9. The molecule has 6 heteroatoms. The predicted octanol–water partition coefficient (Wildman–Crippen LogP) is 3.68. The summed E-state index contributed by atoms with van der Waals surface area (Å²) in [5, 5.41) is 0. The number of para-hydroxylation sites is 1. The Hall–Kier alpha value is -1.66. The van der Waals surface area contributed by atoms with Crippen molar-refractivity contribution in [2.45, 2.75) is 0 Å². The quantitative estimate of drug-likeness (QED) is 0.623. The Balaban J connectivity index is 1.89. The molecule has 0 fully saturated rings. The minimum atomic E-state index is -0.423. The van der Waals surface area contributed by atoms with Crippen molar-refractivity contribution in [3.8, 4) is 11.5 Å². The van der Waals surface area contributed by atoms with Crippen LogP contribution in [0.1, 0.15) is 5.56 Å². The second-order valence-electron chi connectivity index (χ2n) is 4.13. The molecular weight excluding hydrogens is 357 g/mol. The van der Waals surface area contributed by atoms with Crippen molar-refractivity contribution >= 4 is 33.1 Å². The molecule has 2 rings (SSSR count). The summed E-state index contributed by atoms with van der Waals surface area (Å²) in [5.41, 5.74) is 6.28. The summed E-state index contributed by atoms with van der Waals surface area (Å²) in [4.78, 5) is 0.269. The number of hydrogen-bond acceptors (Lipinski definition) is 3. The van der Waals surface area contributed by atoms with Crippen LogP contribution in [-0.2, 0) is 0 Å². The van der Waals surface area contributed by atoms with Gasteiger partial charge in [-0.15, -0.1) is 0 Å². The first-order valence-corrected chi connectivity index (χ1v) is 7.37. The highest BCUT2D eigenvalue weighted by Crippen LogP contribution is 2.21. The molecule has 0 unspecified atom stereocenters. The summed E-state index contributed by atoms with van der Waals surface area (Å²) in [6.07, 6.45) is 0. The summed E-state index contributed by atoms with van der Waals surface area (Å²) in [7, 11) is 0. The van der Waals surface area contributed by atoms with Crippen LogP contribution in [0.2, 0.25) is 0 Å². The van der Waals surface area contributed by atoms with Gasteiger partial charge in [-0.3, -0.25) is 0 Å². The molecule has 0 amide bonds. The summed E-state index contributed by atoms with van der Waals surface area (Å²) >= 11 is 8.13. The van der Waals surface area contributed by atoms with Crippen LogP contribution in [0.25, 0.3) is 0 Å². The first kappa shape index (κ1) is 15.7. The van der Waals surface area contributed by atoms with Gasteiger partial charge in [0.15, 0.2) is 11.6 Å². The molecule has 0 aliphatic rings. The zero-order valence-electron chi connectivity index (χ0n) is 11.0. The molecular formula is C15H13BrFNO2S. The van der Waals surface area contributed by atoms with Gasteiger partial charge in [-0.25, -0.2) is 4.39 Å². The van der Waals surface area contributed by atoms with E-state index in [1.54, 1.807) is 24.3 Å². The molecule has 110 valence electrons. The molecule has 3 nitrogen and oxygen atoms in total. The van der Waals surface area contributed by atoms with Gasteiger partial charge in [-0.2, -0.15) is 0 Å². The fourth-order valence-electron chi connectivity index (χ4n) is 1.69. The van der Waals surface area contributed by atoms with Gasteiger partial charge in [0, 0.05) is 4.47 Å². The van der Waals surface area contributed by atoms with Crippen molar-refractivity contribution < 1.29 is 13.9 Å². The second kappa shape index (κ2) is 7.38. The number of thiocarbonyl (C=S) groups is 1. The highest BCUT2D eigenvalue weighted by molar-refractivity contribution is 9.10. The van der Waals surface area contributed by atoms with Crippen molar-refractivity contribution in [2.24, 2.45) is 5.73 Å². The van der Waals surface area contributed by atoms with Crippen LogP contribution in [0, 0.1) is 5.82 Å². The molecule has 0 heterocycles. The lowest BCUT2D eigenvalue weighted by Gasteiger charge is -2.11. The summed E-state index contributed by atoms with van der Waals surface area (Å²) in [6.45, 7) is 0.472. The van der Waals surface area contributed by atoms with Crippen molar-refractivity contribution in [3.63, 3.8) is 0 Å². The first-order chi connectivity index (χ1) is 10.1. The van der Waals surface area contributed by atoms with Crippen LogP contribution in [0.5, 0.6) is 11.5 Å². The van der Waals surface area contributed by atoms with Gasteiger partial charge in [-0.1, -0.05) is 40.3 Å². The lowest BCUT2D eigenvalue weighted by atomic mass is 10.2. The van der Waals surface area contributed by atoms with Gasteiger partial charge in [0.25, 0.3) is 0 Å². The molecule has 0 aliphatic carbocycles. The molecule has 0 aromatic heterocycles. The first-order valence-electron chi connectivity index (χ1n) is 6.17. The maximum atomic E-state index is 13.5. The number of benzene rings is 2. The maximum absolute atomic E-state index is 13.5. The Morgan fingerprint density at radius 2 is 1.76 bits per heavy atom. The standard InChI is InChI=1S/C15H13BrFNO2S/c16-10-5-6-14(12(17)9-10)20-8-7-19-13-4-2-1-3-11(13)15(18)21/h1-6,9H,7-8H2,(H2,18,21). The molecule has 0 saturated heterocycles. The third-order valence-corrected chi connectivity index (χ3v) is 3.36. The van der Waals surface area contributed by atoms with Crippen LogP contribution in [0.15, 0.2) is 46.9 Å². The third-order valence-electron chi connectivity index (χ3n) is 2.64. The smallest absolute Gasteiger partial charge is 0.166 e. The van der Waals surface area contributed by atoms with Crippen molar-refractivity contribution in [3.05, 3.63) is 58.3 Å². The zero-order chi connectivity index (χ0) is 15.2. The summed E-state index contributed by atoms with van der Waals surface area (Å²) < 4.78 is 25.1. The Morgan fingerprint density at radius 3 is 2.43 bits per heavy atom. The maximum Gasteiger partial charge on any atom is 0.166 e. The number of hydrogen-bond donors (Lipinski definition) is 1. The van der Waals surface area contributed by atoms with E-state index in [1.165, 1.54) is 6.07 Å². The summed E-state index contributed by atoms with van der Waals surface area (Å²) in [5.74, 6) is 0.349. The SMILES string of the molecule is NC(=S)c1ccccc1OCCOc1ccc(Br)cc1F. The topological polar surface area (TPSA) is 44.5 Å². The zero-order valence-corrected chi connectivity index (χ0v) is 13.4.